The van der Waals surface area contributed by atoms with Crippen molar-refractivity contribution in [2.45, 2.75) is 6.54 Å². The molecule has 0 aliphatic rings. The molecule has 7 heteroatoms. The van der Waals surface area contributed by atoms with E-state index >= 15 is 0 Å². The molecule has 0 radical (unpaired) electrons. The lowest BCUT2D eigenvalue weighted by Crippen LogP contribution is -2.22. The summed E-state index contributed by atoms with van der Waals surface area (Å²) in [5.74, 6) is 0.686. The van der Waals surface area contributed by atoms with Crippen molar-refractivity contribution in [3.05, 3.63) is 42.2 Å². The van der Waals surface area contributed by atoms with Gasteiger partial charge in [0.2, 0.25) is 5.91 Å². The highest BCUT2D eigenvalue weighted by Crippen LogP contribution is 2.17. The third-order valence-corrected chi connectivity index (χ3v) is 2.55. The van der Waals surface area contributed by atoms with Crippen LogP contribution in [-0.4, -0.2) is 22.4 Å². The Kier molecular flexibility index (Phi) is 4.46. The highest BCUT2D eigenvalue weighted by atomic mass is 16.1. The average Bonchev–Trinajstić information content (AvgIpc) is 2.46. The van der Waals surface area contributed by atoms with E-state index in [1.807, 2.05) is 24.3 Å². The number of nitrogens with one attached hydrogen (secondary N) is 2. The van der Waals surface area contributed by atoms with Crippen LogP contribution in [0.25, 0.3) is 0 Å². The molecule has 20 heavy (non-hydrogen) atoms. The number of carbonyl (C=O) groups excluding carboxylic acids is 1. The maximum atomic E-state index is 10.7. The van der Waals surface area contributed by atoms with Crippen molar-refractivity contribution >= 4 is 23.2 Å². The first-order valence-electron chi connectivity index (χ1n) is 6.07. The molecule has 2 aromatic rings. The number of amides is 1. The third-order valence-electron chi connectivity index (χ3n) is 2.55. The largest absolute Gasteiger partial charge is 0.368 e. The van der Waals surface area contributed by atoms with Gasteiger partial charge in [-0.2, -0.15) is 0 Å². The maximum Gasteiger partial charge on any atom is 0.236 e. The van der Waals surface area contributed by atoms with Crippen LogP contribution in [0.4, 0.5) is 17.3 Å². The van der Waals surface area contributed by atoms with E-state index < -0.39 is 5.91 Å². The molecule has 0 atom stereocenters. The van der Waals surface area contributed by atoms with Crippen LogP contribution < -0.4 is 22.1 Å². The van der Waals surface area contributed by atoms with E-state index in [9.17, 15) is 4.79 Å². The minimum Gasteiger partial charge on any atom is -0.368 e. The van der Waals surface area contributed by atoms with Gasteiger partial charge in [0, 0.05) is 18.3 Å². The first kappa shape index (κ1) is 13.8. The van der Waals surface area contributed by atoms with E-state index in [0.29, 0.717) is 18.2 Å². The predicted molar refractivity (Wildman–Crippen MR) is 77.3 cm³/mol. The molecule has 0 aliphatic heterocycles. The minimum absolute atomic E-state index is 0.0269. The van der Waals surface area contributed by atoms with E-state index in [0.717, 1.165) is 11.3 Å². The summed E-state index contributed by atoms with van der Waals surface area (Å²) in [4.78, 5) is 18.8. The molecule has 6 N–H and O–H groups in total. The Morgan fingerprint density at radius 1 is 1.20 bits per heavy atom. The van der Waals surface area contributed by atoms with Crippen LogP contribution in [0.1, 0.15) is 5.56 Å². The summed E-state index contributed by atoms with van der Waals surface area (Å²) in [6, 6.07) is 9.41. The van der Waals surface area contributed by atoms with Crippen LogP contribution in [-0.2, 0) is 11.3 Å². The van der Waals surface area contributed by atoms with E-state index in [2.05, 4.69) is 20.6 Å². The van der Waals surface area contributed by atoms with Crippen molar-refractivity contribution < 1.29 is 4.79 Å². The van der Waals surface area contributed by atoms with Crippen molar-refractivity contribution in [2.24, 2.45) is 11.5 Å². The van der Waals surface area contributed by atoms with E-state index in [-0.39, 0.29) is 6.54 Å². The smallest absolute Gasteiger partial charge is 0.236 e. The lowest BCUT2D eigenvalue weighted by molar-refractivity contribution is -0.116. The average molecular weight is 272 g/mol. The summed E-state index contributed by atoms with van der Waals surface area (Å²) >= 11 is 0. The molecule has 1 aromatic carbocycles. The van der Waals surface area contributed by atoms with Crippen LogP contribution in [0, 0.1) is 0 Å². The highest BCUT2D eigenvalue weighted by molar-refractivity contribution is 5.78. The number of hydrogen-bond acceptors (Lipinski definition) is 6. The second kappa shape index (κ2) is 6.48. The summed E-state index contributed by atoms with van der Waals surface area (Å²) < 4.78 is 0. The molecule has 0 spiro atoms. The van der Waals surface area contributed by atoms with Crippen LogP contribution in [0.3, 0.4) is 0 Å². The molecule has 0 bridgehead atoms. The number of hydrogen-bond donors (Lipinski definition) is 4. The summed E-state index contributed by atoms with van der Waals surface area (Å²) in [5.41, 5.74) is 12.6. The molecule has 0 unspecified atom stereocenters. The van der Waals surface area contributed by atoms with Gasteiger partial charge in [-0.05, 0) is 17.7 Å². The van der Waals surface area contributed by atoms with Gasteiger partial charge in [0.15, 0.2) is 0 Å². The molecule has 1 aromatic heterocycles. The number of nitrogens with two attached hydrogens (primary N) is 2. The fourth-order valence-electron chi connectivity index (χ4n) is 1.62. The summed E-state index contributed by atoms with van der Waals surface area (Å²) in [6.07, 6.45) is 1.40. The standard InChI is InChI=1S/C13H16N6O/c14-6-9-2-1-3-10(4-9)19-13-5-12(17-8-18-13)16-7-11(15)20/h1-5,8H,6-7,14H2,(H2,15,20)(H2,16,17,18,19). The van der Waals surface area contributed by atoms with Crippen LogP contribution in [0.5, 0.6) is 0 Å². The van der Waals surface area contributed by atoms with Crippen LogP contribution in [0.2, 0.25) is 0 Å². The molecular formula is C13H16N6O. The lowest BCUT2D eigenvalue weighted by atomic mass is 10.2. The van der Waals surface area contributed by atoms with Crippen LogP contribution in [0.15, 0.2) is 36.7 Å². The zero-order valence-corrected chi connectivity index (χ0v) is 10.8. The van der Waals surface area contributed by atoms with Crippen molar-refractivity contribution in [2.75, 3.05) is 17.2 Å². The molecular weight excluding hydrogens is 256 g/mol. The van der Waals surface area contributed by atoms with E-state index in [4.69, 9.17) is 11.5 Å². The van der Waals surface area contributed by atoms with Gasteiger partial charge in [-0.1, -0.05) is 12.1 Å². The fraction of sp³-hybridized carbons (Fsp3) is 0.154. The zero-order valence-electron chi connectivity index (χ0n) is 10.8. The molecule has 0 fully saturated rings. The number of carbonyl (C=O) groups is 1. The molecule has 2 rings (SSSR count). The van der Waals surface area contributed by atoms with Gasteiger partial charge in [0.05, 0.1) is 6.54 Å². The van der Waals surface area contributed by atoms with Crippen molar-refractivity contribution in [3.63, 3.8) is 0 Å². The van der Waals surface area contributed by atoms with E-state index in [1.54, 1.807) is 6.07 Å². The fourth-order valence-corrected chi connectivity index (χ4v) is 1.62. The van der Waals surface area contributed by atoms with Crippen LogP contribution >= 0.6 is 0 Å². The summed E-state index contributed by atoms with van der Waals surface area (Å²) in [7, 11) is 0. The Labute approximate surface area is 116 Å². The van der Waals surface area contributed by atoms with E-state index in [1.165, 1.54) is 6.33 Å². The number of anilines is 3. The second-order valence-electron chi connectivity index (χ2n) is 4.14. The summed E-state index contributed by atoms with van der Waals surface area (Å²) in [6.45, 7) is 0.504. The molecule has 1 amide bonds. The molecule has 7 nitrogen and oxygen atoms in total. The van der Waals surface area contributed by atoms with Gasteiger partial charge < -0.3 is 22.1 Å². The first-order valence-corrected chi connectivity index (χ1v) is 6.07. The van der Waals surface area contributed by atoms with Gasteiger partial charge in [0.1, 0.15) is 18.0 Å². The van der Waals surface area contributed by atoms with Gasteiger partial charge >= 0.3 is 0 Å². The topological polar surface area (TPSA) is 119 Å². The van der Waals surface area contributed by atoms with Crippen molar-refractivity contribution in [1.82, 2.24) is 9.97 Å². The molecule has 104 valence electrons. The SMILES string of the molecule is NCc1cccc(Nc2cc(NCC(N)=O)ncn2)c1. The highest BCUT2D eigenvalue weighted by Gasteiger charge is 2.01. The van der Waals surface area contributed by atoms with Gasteiger partial charge in [-0.3, -0.25) is 4.79 Å². The molecule has 1 heterocycles. The Bertz CT molecular complexity index is 601. The third kappa shape index (κ3) is 3.92. The van der Waals surface area contributed by atoms with Gasteiger partial charge in [0.25, 0.3) is 0 Å². The summed E-state index contributed by atoms with van der Waals surface area (Å²) in [5, 5.41) is 5.95. The van der Waals surface area contributed by atoms with Gasteiger partial charge in [-0.15, -0.1) is 0 Å². The number of rotatable bonds is 6. The zero-order chi connectivity index (χ0) is 14.4. The molecule has 0 aliphatic carbocycles. The normalized spacial score (nSPS) is 10.1. The number of benzene rings is 1. The minimum atomic E-state index is -0.450. The second-order valence-corrected chi connectivity index (χ2v) is 4.14. The number of nitrogens with zero attached hydrogens (tertiary/aromatic N) is 2. The predicted octanol–water partition coefficient (Wildman–Crippen LogP) is 0.576. The molecule has 0 saturated heterocycles. The Balaban J connectivity index is 2.08. The monoisotopic (exact) mass is 272 g/mol. The van der Waals surface area contributed by atoms with Crippen molar-refractivity contribution in [1.29, 1.82) is 0 Å². The van der Waals surface area contributed by atoms with Gasteiger partial charge in [-0.25, -0.2) is 9.97 Å². The Morgan fingerprint density at radius 3 is 2.75 bits per heavy atom. The number of primary amides is 1. The first-order chi connectivity index (χ1) is 9.67. The van der Waals surface area contributed by atoms with Crippen molar-refractivity contribution in [3.8, 4) is 0 Å². The number of aromatic nitrogens is 2. The Hall–Kier alpha value is -2.67. The Morgan fingerprint density at radius 2 is 2.00 bits per heavy atom. The lowest BCUT2D eigenvalue weighted by Gasteiger charge is -2.08. The molecule has 0 saturated carbocycles. The quantitative estimate of drug-likeness (QED) is 0.610. The maximum absolute atomic E-state index is 10.7.